The zero-order chi connectivity index (χ0) is 15.2. The summed E-state index contributed by atoms with van der Waals surface area (Å²) in [6.07, 6.45) is 3.67. The van der Waals surface area contributed by atoms with Crippen LogP contribution in [0.25, 0.3) is 11.3 Å². The Morgan fingerprint density at radius 2 is 2.14 bits per heavy atom. The van der Waals surface area contributed by atoms with Gasteiger partial charge in [0.05, 0.1) is 6.20 Å². The van der Waals surface area contributed by atoms with Crippen molar-refractivity contribution in [3.05, 3.63) is 40.9 Å². The second-order valence-corrected chi connectivity index (χ2v) is 6.22. The molecule has 0 aliphatic rings. The SMILES string of the molecule is Cc1ccc(Cl)cc1-c1cnc(CCCNCC(C)C)o1. The van der Waals surface area contributed by atoms with Crippen LogP contribution < -0.4 is 5.32 Å². The van der Waals surface area contributed by atoms with Crippen molar-refractivity contribution in [2.75, 3.05) is 13.1 Å². The minimum atomic E-state index is 0.684. The van der Waals surface area contributed by atoms with Gasteiger partial charge in [-0.25, -0.2) is 4.98 Å². The number of oxazole rings is 1. The first kappa shape index (κ1) is 16.1. The topological polar surface area (TPSA) is 38.1 Å². The number of rotatable bonds is 7. The number of nitrogens with zero attached hydrogens (tertiary/aromatic N) is 1. The molecule has 114 valence electrons. The predicted molar refractivity (Wildman–Crippen MR) is 87.7 cm³/mol. The summed E-state index contributed by atoms with van der Waals surface area (Å²) >= 11 is 6.05. The Morgan fingerprint density at radius 1 is 1.33 bits per heavy atom. The van der Waals surface area contributed by atoms with E-state index in [4.69, 9.17) is 16.0 Å². The Bertz CT molecular complexity index is 578. The van der Waals surface area contributed by atoms with E-state index in [1.165, 1.54) is 0 Å². The Kier molecular flexibility index (Phi) is 5.83. The van der Waals surface area contributed by atoms with Gasteiger partial charge in [-0.2, -0.15) is 0 Å². The van der Waals surface area contributed by atoms with Crippen molar-refractivity contribution < 1.29 is 4.42 Å². The van der Waals surface area contributed by atoms with Gasteiger partial charge in [-0.3, -0.25) is 0 Å². The largest absolute Gasteiger partial charge is 0.441 e. The molecule has 1 aromatic carbocycles. The molecule has 0 saturated heterocycles. The smallest absolute Gasteiger partial charge is 0.194 e. The van der Waals surface area contributed by atoms with Crippen LogP contribution in [-0.4, -0.2) is 18.1 Å². The van der Waals surface area contributed by atoms with Gasteiger partial charge in [-0.15, -0.1) is 0 Å². The van der Waals surface area contributed by atoms with Gasteiger partial charge < -0.3 is 9.73 Å². The van der Waals surface area contributed by atoms with Gasteiger partial charge in [0.1, 0.15) is 0 Å². The molecule has 0 atom stereocenters. The third-order valence-electron chi connectivity index (χ3n) is 3.32. The first-order chi connectivity index (χ1) is 10.1. The Morgan fingerprint density at radius 3 is 2.90 bits per heavy atom. The number of aryl methyl sites for hydroxylation is 2. The van der Waals surface area contributed by atoms with Crippen molar-refractivity contribution in [1.82, 2.24) is 10.3 Å². The van der Waals surface area contributed by atoms with Gasteiger partial charge in [-0.05, 0) is 50.0 Å². The van der Waals surface area contributed by atoms with Gasteiger partial charge in [0, 0.05) is 17.0 Å². The summed E-state index contributed by atoms with van der Waals surface area (Å²) in [4.78, 5) is 4.36. The zero-order valence-electron chi connectivity index (χ0n) is 12.9. The molecule has 0 fully saturated rings. The van der Waals surface area contributed by atoms with E-state index in [0.717, 1.165) is 48.7 Å². The van der Waals surface area contributed by atoms with Gasteiger partial charge in [0.15, 0.2) is 11.7 Å². The molecule has 0 aliphatic carbocycles. The van der Waals surface area contributed by atoms with Crippen LogP contribution in [0.2, 0.25) is 5.02 Å². The third kappa shape index (κ3) is 4.87. The molecule has 3 nitrogen and oxygen atoms in total. The van der Waals surface area contributed by atoms with Crippen molar-refractivity contribution in [2.24, 2.45) is 5.92 Å². The zero-order valence-corrected chi connectivity index (χ0v) is 13.7. The summed E-state index contributed by atoms with van der Waals surface area (Å²) < 4.78 is 5.84. The molecule has 0 saturated carbocycles. The Balaban J connectivity index is 1.91. The molecule has 2 rings (SSSR count). The first-order valence-corrected chi connectivity index (χ1v) is 7.86. The van der Waals surface area contributed by atoms with E-state index in [9.17, 15) is 0 Å². The van der Waals surface area contributed by atoms with Crippen LogP contribution >= 0.6 is 11.6 Å². The van der Waals surface area contributed by atoms with Crippen LogP contribution in [0, 0.1) is 12.8 Å². The number of aromatic nitrogens is 1. The monoisotopic (exact) mass is 306 g/mol. The maximum Gasteiger partial charge on any atom is 0.194 e. The lowest BCUT2D eigenvalue weighted by molar-refractivity contribution is 0.483. The summed E-state index contributed by atoms with van der Waals surface area (Å²) in [5, 5.41) is 4.14. The highest BCUT2D eigenvalue weighted by atomic mass is 35.5. The number of halogens is 1. The Hall–Kier alpha value is -1.32. The number of hydrogen-bond acceptors (Lipinski definition) is 3. The fraction of sp³-hybridized carbons (Fsp3) is 0.471. The van der Waals surface area contributed by atoms with Gasteiger partial charge >= 0.3 is 0 Å². The molecule has 2 aromatic rings. The molecule has 0 radical (unpaired) electrons. The van der Waals surface area contributed by atoms with E-state index in [-0.39, 0.29) is 0 Å². The molecule has 0 amide bonds. The molecule has 0 aliphatic heterocycles. The highest BCUT2D eigenvalue weighted by Gasteiger charge is 2.09. The standard InChI is InChI=1S/C17H23ClN2O/c1-12(2)10-19-8-4-5-17-20-11-16(21-17)15-9-14(18)7-6-13(15)3/h6-7,9,11-12,19H,4-5,8,10H2,1-3H3. The van der Waals surface area contributed by atoms with Crippen LogP contribution in [0.3, 0.4) is 0 Å². The maximum absolute atomic E-state index is 6.05. The molecule has 1 heterocycles. The molecule has 0 bridgehead atoms. The molecule has 4 heteroatoms. The van der Waals surface area contributed by atoms with Crippen molar-refractivity contribution in [3.8, 4) is 11.3 Å². The van der Waals surface area contributed by atoms with Crippen molar-refractivity contribution in [2.45, 2.75) is 33.6 Å². The number of benzene rings is 1. The Labute approximate surface area is 131 Å². The lowest BCUT2D eigenvalue weighted by Gasteiger charge is -2.06. The first-order valence-electron chi connectivity index (χ1n) is 7.48. The molecule has 21 heavy (non-hydrogen) atoms. The highest BCUT2D eigenvalue weighted by Crippen LogP contribution is 2.27. The van der Waals surface area contributed by atoms with Crippen LogP contribution in [0.4, 0.5) is 0 Å². The van der Waals surface area contributed by atoms with E-state index < -0.39 is 0 Å². The molecule has 0 unspecified atom stereocenters. The second kappa shape index (κ2) is 7.62. The summed E-state index contributed by atoms with van der Waals surface area (Å²) in [7, 11) is 0. The van der Waals surface area contributed by atoms with Crippen molar-refractivity contribution in [3.63, 3.8) is 0 Å². The van der Waals surface area contributed by atoms with Crippen LogP contribution in [0.15, 0.2) is 28.8 Å². The molecule has 1 aromatic heterocycles. The quantitative estimate of drug-likeness (QED) is 0.766. The summed E-state index contributed by atoms with van der Waals surface area (Å²) in [5.41, 5.74) is 2.15. The van der Waals surface area contributed by atoms with Gasteiger partial charge in [-0.1, -0.05) is 31.5 Å². The van der Waals surface area contributed by atoms with Crippen LogP contribution in [0.5, 0.6) is 0 Å². The van der Waals surface area contributed by atoms with Crippen molar-refractivity contribution >= 4 is 11.6 Å². The van der Waals surface area contributed by atoms with Crippen molar-refractivity contribution in [1.29, 1.82) is 0 Å². The predicted octanol–water partition coefficient (Wildman–Crippen LogP) is 4.48. The summed E-state index contributed by atoms with van der Waals surface area (Å²) in [6.45, 7) is 8.51. The van der Waals surface area contributed by atoms with Crippen LogP contribution in [-0.2, 0) is 6.42 Å². The summed E-state index contributed by atoms with van der Waals surface area (Å²) in [5.74, 6) is 2.26. The average molecular weight is 307 g/mol. The maximum atomic E-state index is 6.05. The van der Waals surface area contributed by atoms with Gasteiger partial charge in [0.25, 0.3) is 0 Å². The van der Waals surface area contributed by atoms with E-state index >= 15 is 0 Å². The second-order valence-electron chi connectivity index (χ2n) is 5.78. The highest BCUT2D eigenvalue weighted by molar-refractivity contribution is 6.30. The summed E-state index contributed by atoms with van der Waals surface area (Å²) in [6, 6.07) is 5.80. The lowest BCUT2D eigenvalue weighted by atomic mass is 10.1. The lowest BCUT2D eigenvalue weighted by Crippen LogP contribution is -2.21. The van der Waals surface area contributed by atoms with Crippen LogP contribution in [0.1, 0.15) is 31.7 Å². The molecule has 1 N–H and O–H groups in total. The molecule has 0 spiro atoms. The van der Waals surface area contributed by atoms with E-state index in [0.29, 0.717) is 10.9 Å². The molecular formula is C17H23ClN2O. The minimum Gasteiger partial charge on any atom is -0.441 e. The average Bonchev–Trinajstić information content (AvgIpc) is 2.89. The fourth-order valence-electron chi connectivity index (χ4n) is 2.17. The fourth-order valence-corrected chi connectivity index (χ4v) is 2.34. The number of nitrogens with one attached hydrogen (secondary N) is 1. The van der Waals surface area contributed by atoms with E-state index in [1.807, 2.05) is 25.1 Å². The van der Waals surface area contributed by atoms with E-state index in [1.54, 1.807) is 6.20 Å². The van der Waals surface area contributed by atoms with E-state index in [2.05, 4.69) is 24.1 Å². The minimum absolute atomic E-state index is 0.684. The normalized spacial score (nSPS) is 11.3. The molecular weight excluding hydrogens is 284 g/mol. The third-order valence-corrected chi connectivity index (χ3v) is 3.55. The number of hydrogen-bond donors (Lipinski definition) is 1. The van der Waals surface area contributed by atoms with Gasteiger partial charge in [0.2, 0.25) is 0 Å².